The highest BCUT2D eigenvalue weighted by molar-refractivity contribution is 7.80. The summed E-state index contributed by atoms with van der Waals surface area (Å²) in [4.78, 5) is 2.12. The van der Waals surface area contributed by atoms with Crippen molar-refractivity contribution in [1.29, 1.82) is 0 Å². The third-order valence-corrected chi connectivity index (χ3v) is 3.94. The number of nitrogens with one attached hydrogen (secondary N) is 1. The van der Waals surface area contributed by atoms with Crippen LogP contribution in [0.25, 0.3) is 0 Å². The molecule has 1 aromatic carbocycles. The number of hydrogen-bond donors (Lipinski definition) is 3. The number of hydrogen-bond acceptors (Lipinski definition) is 4. The number of nitrogens with zero attached hydrogens (tertiary/aromatic N) is 1. The number of benzene rings is 1. The van der Waals surface area contributed by atoms with E-state index in [1.165, 1.54) is 6.07 Å². The Morgan fingerprint density at radius 2 is 1.61 bits per heavy atom. The molecule has 0 radical (unpaired) electrons. The Balaban J connectivity index is 0.00000108. The van der Waals surface area contributed by atoms with Gasteiger partial charge in [0.05, 0.1) is 5.56 Å². The van der Waals surface area contributed by atoms with Crippen LogP contribution in [-0.4, -0.2) is 31.4 Å². The van der Waals surface area contributed by atoms with E-state index in [2.05, 4.69) is 22.8 Å². The van der Waals surface area contributed by atoms with E-state index in [1.807, 2.05) is 41.5 Å². The zero-order chi connectivity index (χ0) is 21.9. The van der Waals surface area contributed by atoms with Crippen LogP contribution in [0.5, 0.6) is 0 Å². The van der Waals surface area contributed by atoms with Crippen molar-refractivity contribution in [3.05, 3.63) is 29.3 Å². The van der Waals surface area contributed by atoms with E-state index in [-0.39, 0.29) is 6.04 Å². The van der Waals surface area contributed by atoms with Crippen LogP contribution in [0.2, 0.25) is 0 Å². The van der Waals surface area contributed by atoms with Crippen LogP contribution in [0.4, 0.5) is 18.9 Å². The molecule has 0 amide bonds. The molecule has 1 saturated heterocycles. The lowest BCUT2D eigenvalue weighted by molar-refractivity contribution is -0.137. The highest BCUT2D eigenvalue weighted by Gasteiger charge is 2.32. The van der Waals surface area contributed by atoms with Gasteiger partial charge in [-0.2, -0.15) is 25.8 Å². The first-order chi connectivity index (χ1) is 13.0. The predicted molar refractivity (Wildman–Crippen MR) is 118 cm³/mol. The van der Waals surface area contributed by atoms with Crippen molar-refractivity contribution in [1.82, 2.24) is 5.32 Å². The van der Waals surface area contributed by atoms with E-state index in [1.54, 1.807) is 6.07 Å². The van der Waals surface area contributed by atoms with Crippen molar-refractivity contribution in [2.45, 2.75) is 65.4 Å². The Bertz CT molecular complexity index is 539. The van der Waals surface area contributed by atoms with Gasteiger partial charge in [-0.3, -0.25) is 0 Å². The maximum Gasteiger partial charge on any atom is 0.416 e. The summed E-state index contributed by atoms with van der Waals surface area (Å²) in [5.74, 6) is 0.334. The molecule has 0 saturated carbocycles. The summed E-state index contributed by atoms with van der Waals surface area (Å²) in [6, 6.07) is 3.57. The molecule has 1 heterocycles. The summed E-state index contributed by atoms with van der Waals surface area (Å²) >= 11 is 3.97. The average Bonchev–Trinajstić information content (AvgIpc) is 2.62. The quantitative estimate of drug-likeness (QED) is 0.561. The van der Waals surface area contributed by atoms with Crippen molar-refractivity contribution in [3.63, 3.8) is 0 Å². The molecule has 0 spiro atoms. The second-order valence-electron chi connectivity index (χ2n) is 7.34. The molecule has 0 aliphatic carbocycles. The fourth-order valence-electron chi connectivity index (χ4n) is 2.86. The fraction of sp³-hybridized carbons (Fsp3) is 0.714. The molecule has 0 aromatic heterocycles. The third kappa shape index (κ3) is 10.0. The fourth-order valence-corrected chi connectivity index (χ4v) is 2.86. The molecule has 1 unspecified atom stereocenters. The molecule has 1 aliphatic heterocycles. The minimum Gasteiger partial charge on any atom is -0.369 e. The molecule has 0 bridgehead atoms. The first kappa shape index (κ1) is 27.1. The van der Waals surface area contributed by atoms with Crippen molar-refractivity contribution in [3.8, 4) is 0 Å². The van der Waals surface area contributed by atoms with Gasteiger partial charge in [0.15, 0.2) is 0 Å². The number of alkyl halides is 3. The molecule has 1 fully saturated rings. The number of nitrogens with two attached hydrogens (primary N) is 1. The molecule has 1 atom stereocenters. The van der Waals surface area contributed by atoms with Crippen LogP contribution in [0, 0.1) is 5.92 Å². The zero-order valence-corrected chi connectivity index (χ0v) is 19.0. The Hall–Kier alpha value is -0.920. The van der Waals surface area contributed by atoms with Gasteiger partial charge < -0.3 is 16.0 Å². The van der Waals surface area contributed by atoms with Gasteiger partial charge in [-0.25, -0.2) is 0 Å². The molecule has 164 valence electrons. The van der Waals surface area contributed by atoms with E-state index in [4.69, 9.17) is 5.73 Å². The molecule has 3 nitrogen and oxygen atoms in total. The van der Waals surface area contributed by atoms with Crippen LogP contribution in [-0.2, 0) is 6.18 Å². The van der Waals surface area contributed by atoms with Gasteiger partial charge in [-0.15, -0.1) is 0 Å². The SMILES string of the molecule is CC.CC(C)CC(N)c1cc(C(F)(F)F)ccc1N1CCNCC1.CC(C)S. The van der Waals surface area contributed by atoms with Gasteiger partial charge in [0, 0.05) is 37.9 Å². The van der Waals surface area contributed by atoms with Crippen molar-refractivity contribution in [2.24, 2.45) is 11.7 Å². The van der Waals surface area contributed by atoms with Gasteiger partial charge in [0.25, 0.3) is 0 Å². The number of thiol groups is 1. The first-order valence-electron chi connectivity index (χ1n) is 10.1. The topological polar surface area (TPSA) is 41.3 Å². The molecule has 2 rings (SSSR count). The lowest BCUT2D eigenvalue weighted by Crippen LogP contribution is -2.44. The Labute approximate surface area is 174 Å². The largest absolute Gasteiger partial charge is 0.416 e. The van der Waals surface area contributed by atoms with Crippen LogP contribution in [0.15, 0.2) is 18.2 Å². The Morgan fingerprint density at radius 1 is 1.11 bits per heavy atom. The second kappa shape index (κ2) is 13.3. The van der Waals surface area contributed by atoms with E-state index in [9.17, 15) is 13.2 Å². The number of piperazine rings is 1. The van der Waals surface area contributed by atoms with E-state index in [0.29, 0.717) is 23.2 Å². The van der Waals surface area contributed by atoms with Gasteiger partial charge in [0.1, 0.15) is 0 Å². The zero-order valence-electron chi connectivity index (χ0n) is 18.1. The van der Waals surface area contributed by atoms with E-state index < -0.39 is 11.7 Å². The Kier molecular flexibility index (Phi) is 12.9. The van der Waals surface area contributed by atoms with E-state index in [0.717, 1.165) is 37.9 Å². The third-order valence-electron chi connectivity index (χ3n) is 3.94. The first-order valence-corrected chi connectivity index (χ1v) is 10.6. The highest BCUT2D eigenvalue weighted by atomic mass is 32.1. The summed E-state index contributed by atoms with van der Waals surface area (Å²) in [7, 11) is 0. The summed E-state index contributed by atoms with van der Waals surface area (Å²) < 4.78 is 39.0. The number of anilines is 1. The van der Waals surface area contributed by atoms with Crippen molar-refractivity contribution in [2.75, 3.05) is 31.1 Å². The molecular formula is C21H38F3N3S. The summed E-state index contributed by atoms with van der Waals surface area (Å²) in [5.41, 5.74) is 7.02. The Morgan fingerprint density at radius 3 is 2.04 bits per heavy atom. The van der Waals surface area contributed by atoms with Crippen molar-refractivity contribution < 1.29 is 13.2 Å². The molecule has 7 heteroatoms. The second-order valence-corrected chi connectivity index (χ2v) is 8.37. The monoisotopic (exact) mass is 421 g/mol. The van der Waals surface area contributed by atoms with Gasteiger partial charge in [0.2, 0.25) is 0 Å². The number of rotatable bonds is 4. The van der Waals surface area contributed by atoms with Crippen LogP contribution in [0.3, 0.4) is 0 Å². The molecule has 3 N–H and O–H groups in total. The molecule has 1 aliphatic rings. The summed E-state index contributed by atoms with van der Waals surface area (Å²) in [6.45, 7) is 15.3. The van der Waals surface area contributed by atoms with Crippen LogP contribution in [0.1, 0.15) is 65.1 Å². The smallest absolute Gasteiger partial charge is 0.369 e. The minimum atomic E-state index is -4.34. The molecule has 28 heavy (non-hydrogen) atoms. The van der Waals surface area contributed by atoms with Crippen LogP contribution >= 0.6 is 12.6 Å². The summed E-state index contributed by atoms with van der Waals surface area (Å²) in [6.07, 6.45) is -3.67. The number of halogens is 3. The molecule has 1 aromatic rings. The lowest BCUT2D eigenvalue weighted by atomic mass is 9.94. The lowest BCUT2D eigenvalue weighted by Gasteiger charge is -2.33. The van der Waals surface area contributed by atoms with Crippen LogP contribution < -0.4 is 16.0 Å². The summed E-state index contributed by atoms with van der Waals surface area (Å²) in [5, 5.41) is 3.78. The predicted octanol–water partition coefficient (Wildman–Crippen LogP) is 5.51. The minimum absolute atomic E-state index is 0.334. The standard InChI is InChI=1S/C16H24F3N3.C3H8S.C2H6/c1-11(2)9-14(20)13-10-12(16(17,18)19)3-4-15(13)22-7-5-21-6-8-22;1-3(2)4;1-2/h3-4,10-11,14,21H,5-9,20H2,1-2H3;3-4H,1-2H3;1-2H3. The molecular weight excluding hydrogens is 383 g/mol. The van der Waals surface area contributed by atoms with Gasteiger partial charge in [-0.05, 0) is 41.4 Å². The highest BCUT2D eigenvalue weighted by Crippen LogP contribution is 2.36. The maximum absolute atomic E-state index is 13.0. The van der Waals surface area contributed by atoms with Gasteiger partial charge >= 0.3 is 6.18 Å². The maximum atomic E-state index is 13.0. The van der Waals surface area contributed by atoms with E-state index >= 15 is 0 Å². The van der Waals surface area contributed by atoms with Gasteiger partial charge in [-0.1, -0.05) is 41.5 Å². The normalized spacial score (nSPS) is 15.5. The average molecular weight is 422 g/mol. The van der Waals surface area contributed by atoms with Crippen molar-refractivity contribution >= 4 is 18.3 Å².